The van der Waals surface area contributed by atoms with Crippen LogP contribution < -0.4 is 5.32 Å². The minimum absolute atomic E-state index is 0.450. The van der Waals surface area contributed by atoms with Crippen LogP contribution in [0.1, 0.15) is 31.4 Å². The maximum absolute atomic E-state index is 3.73. The van der Waals surface area contributed by atoms with Crippen LogP contribution in [0.4, 0.5) is 0 Å². The zero-order valence-corrected chi connectivity index (χ0v) is 12.0. The molecule has 1 aliphatic heterocycles. The van der Waals surface area contributed by atoms with Gasteiger partial charge in [0.05, 0.1) is 0 Å². The molecule has 0 aromatic heterocycles. The number of nitrogens with one attached hydrogen (secondary N) is 1. The molecule has 1 aromatic carbocycles. The fourth-order valence-electron chi connectivity index (χ4n) is 2.09. The van der Waals surface area contributed by atoms with E-state index in [0.29, 0.717) is 12.1 Å². The van der Waals surface area contributed by atoms with Crippen molar-refractivity contribution < 1.29 is 0 Å². The zero-order chi connectivity index (χ0) is 11.4. The summed E-state index contributed by atoms with van der Waals surface area (Å²) in [4.78, 5) is 0. The van der Waals surface area contributed by atoms with Crippen molar-refractivity contribution >= 4 is 27.7 Å². The quantitative estimate of drug-likeness (QED) is 0.905. The van der Waals surface area contributed by atoms with Crippen LogP contribution in [-0.2, 0) is 0 Å². The molecule has 1 N–H and O–H groups in total. The van der Waals surface area contributed by atoms with E-state index in [4.69, 9.17) is 0 Å². The highest BCUT2D eigenvalue weighted by molar-refractivity contribution is 9.10. The molecule has 0 aliphatic carbocycles. The molecule has 88 valence electrons. The lowest BCUT2D eigenvalue weighted by Gasteiger charge is -2.26. The van der Waals surface area contributed by atoms with Gasteiger partial charge >= 0.3 is 0 Å². The Labute approximate surface area is 111 Å². The van der Waals surface area contributed by atoms with E-state index in [2.05, 4.69) is 64.2 Å². The molecule has 0 unspecified atom stereocenters. The molecule has 0 spiro atoms. The fourth-order valence-corrected chi connectivity index (χ4v) is 3.61. The Bertz CT molecular complexity index is 336. The number of hydrogen-bond donors (Lipinski definition) is 1. The van der Waals surface area contributed by atoms with Gasteiger partial charge in [0.2, 0.25) is 0 Å². The van der Waals surface area contributed by atoms with Crippen molar-refractivity contribution in [3.05, 3.63) is 34.3 Å². The first-order valence-corrected chi connectivity index (χ1v) is 7.80. The third kappa shape index (κ3) is 3.51. The van der Waals surface area contributed by atoms with Crippen LogP contribution in [0.15, 0.2) is 28.7 Å². The highest BCUT2D eigenvalue weighted by Crippen LogP contribution is 2.22. The normalized spacial score (nSPS) is 19.6. The number of halogens is 1. The summed E-state index contributed by atoms with van der Waals surface area (Å²) in [6.45, 7) is 2.25. The maximum Gasteiger partial charge on any atom is 0.0294 e. The molecule has 0 amide bonds. The van der Waals surface area contributed by atoms with Crippen molar-refractivity contribution in [2.45, 2.75) is 31.8 Å². The Morgan fingerprint density at radius 1 is 1.38 bits per heavy atom. The van der Waals surface area contributed by atoms with E-state index < -0.39 is 0 Å². The summed E-state index contributed by atoms with van der Waals surface area (Å²) >= 11 is 5.60. The van der Waals surface area contributed by atoms with Crippen LogP contribution in [0.5, 0.6) is 0 Å². The molecule has 1 aromatic rings. The summed E-state index contributed by atoms with van der Waals surface area (Å²) in [5.74, 6) is 2.62. The van der Waals surface area contributed by atoms with Gasteiger partial charge in [0, 0.05) is 16.6 Å². The van der Waals surface area contributed by atoms with Crippen molar-refractivity contribution in [2.75, 3.05) is 11.5 Å². The molecule has 0 saturated carbocycles. The van der Waals surface area contributed by atoms with Crippen LogP contribution in [-0.4, -0.2) is 17.5 Å². The van der Waals surface area contributed by atoms with E-state index in [1.54, 1.807) is 0 Å². The first-order valence-electron chi connectivity index (χ1n) is 5.85. The Morgan fingerprint density at radius 3 is 2.81 bits per heavy atom. The monoisotopic (exact) mass is 299 g/mol. The lowest BCUT2D eigenvalue weighted by Crippen LogP contribution is -2.34. The van der Waals surface area contributed by atoms with Gasteiger partial charge in [0.25, 0.3) is 0 Å². The van der Waals surface area contributed by atoms with Crippen molar-refractivity contribution in [2.24, 2.45) is 0 Å². The van der Waals surface area contributed by atoms with Gasteiger partial charge in [-0.2, -0.15) is 11.8 Å². The van der Waals surface area contributed by atoms with Crippen molar-refractivity contribution in [1.29, 1.82) is 0 Å². The van der Waals surface area contributed by atoms with Crippen molar-refractivity contribution in [1.82, 2.24) is 5.32 Å². The molecule has 1 atom stereocenters. The average molecular weight is 300 g/mol. The molecule has 1 saturated heterocycles. The lowest BCUT2D eigenvalue weighted by atomic mass is 10.1. The van der Waals surface area contributed by atoms with Gasteiger partial charge in [-0.3, -0.25) is 0 Å². The van der Waals surface area contributed by atoms with Gasteiger partial charge in [-0.1, -0.05) is 28.1 Å². The Kier molecular flexibility index (Phi) is 4.74. The summed E-state index contributed by atoms with van der Waals surface area (Å²) in [7, 11) is 0. The molecule has 3 heteroatoms. The van der Waals surface area contributed by atoms with Gasteiger partial charge in [-0.15, -0.1) is 0 Å². The van der Waals surface area contributed by atoms with Gasteiger partial charge < -0.3 is 5.32 Å². The van der Waals surface area contributed by atoms with Crippen molar-refractivity contribution in [3.8, 4) is 0 Å². The van der Waals surface area contributed by atoms with E-state index in [1.807, 2.05) is 0 Å². The number of hydrogen-bond acceptors (Lipinski definition) is 2. The molecule has 1 heterocycles. The first kappa shape index (κ1) is 12.5. The van der Waals surface area contributed by atoms with E-state index >= 15 is 0 Å². The predicted molar refractivity (Wildman–Crippen MR) is 76.0 cm³/mol. The zero-order valence-electron chi connectivity index (χ0n) is 9.58. The van der Waals surface area contributed by atoms with E-state index in [1.165, 1.54) is 29.9 Å². The minimum Gasteiger partial charge on any atom is -0.307 e. The van der Waals surface area contributed by atoms with Crippen LogP contribution >= 0.6 is 27.7 Å². The molecule has 1 nitrogen and oxygen atoms in total. The molecular weight excluding hydrogens is 282 g/mol. The Morgan fingerprint density at radius 2 is 2.12 bits per heavy atom. The number of benzene rings is 1. The Balaban J connectivity index is 1.94. The summed E-state index contributed by atoms with van der Waals surface area (Å²) in [5.41, 5.74) is 1.37. The van der Waals surface area contributed by atoms with Crippen LogP contribution in [0, 0.1) is 0 Å². The number of thioether (sulfide) groups is 1. The molecule has 0 bridgehead atoms. The summed E-state index contributed by atoms with van der Waals surface area (Å²) in [5, 5.41) is 3.73. The van der Waals surface area contributed by atoms with Crippen LogP contribution in [0.25, 0.3) is 0 Å². The predicted octanol–water partition coefficient (Wildman–Crippen LogP) is 4.00. The van der Waals surface area contributed by atoms with Crippen LogP contribution in [0.3, 0.4) is 0 Å². The second-order valence-electron chi connectivity index (χ2n) is 4.33. The van der Waals surface area contributed by atoms with Gasteiger partial charge in [0.15, 0.2) is 0 Å². The largest absolute Gasteiger partial charge is 0.307 e. The second-order valence-corrected chi connectivity index (χ2v) is 6.47. The topological polar surface area (TPSA) is 12.0 Å². The van der Waals surface area contributed by atoms with Gasteiger partial charge in [0.1, 0.15) is 0 Å². The Hall–Kier alpha value is 0.01000. The molecule has 2 rings (SSSR count). The van der Waals surface area contributed by atoms with Crippen molar-refractivity contribution in [3.63, 3.8) is 0 Å². The van der Waals surface area contributed by atoms with Gasteiger partial charge in [-0.25, -0.2) is 0 Å². The van der Waals surface area contributed by atoms with E-state index in [-0.39, 0.29) is 0 Å². The molecule has 16 heavy (non-hydrogen) atoms. The lowest BCUT2D eigenvalue weighted by molar-refractivity contribution is 0.431. The highest BCUT2D eigenvalue weighted by atomic mass is 79.9. The summed E-state index contributed by atoms with van der Waals surface area (Å²) in [6.07, 6.45) is 2.62. The smallest absolute Gasteiger partial charge is 0.0294 e. The second kappa shape index (κ2) is 6.08. The van der Waals surface area contributed by atoms with Gasteiger partial charge in [-0.05, 0) is 49.0 Å². The third-order valence-corrected chi connectivity index (χ3v) is 4.60. The summed E-state index contributed by atoms with van der Waals surface area (Å²) in [6, 6.07) is 9.73. The SMILES string of the molecule is C[C@@H](NC1CCSCC1)c1cccc(Br)c1. The molecule has 0 radical (unpaired) electrons. The highest BCUT2D eigenvalue weighted by Gasteiger charge is 2.16. The third-order valence-electron chi connectivity index (χ3n) is 3.06. The molecule has 1 fully saturated rings. The van der Waals surface area contributed by atoms with E-state index in [9.17, 15) is 0 Å². The first-order chi connectivity index (χ1) is 7.75. The number of rotatable bonds is 3. The summed E-state index contributed by atoms with van der Waals surface area (Å²) < 4.78 is 1.16. The molecular formula is C13H18BrNS. The standard InChI is InChI=1S/C13H18BrNS/c1-10(11-3-2-4-12(14)9-11)15-13-5-7-16-8-6-13/h2-4,9-10,13,15H,5-8H2,1H3/t10-/m1/s1. The molecule has 1 aliphatic rings. The average Bonchev–Trinajstić information content (AvgIpc) is 2.30. The fraction of sp³-hybridized carbons (Fsp3) is 0.538. The maximum atomic E-state index is 3.73. The van der Waals surface area contributed by atoms with Crippen LogP contribution in [0.2, 0.25) is 0 Å². The minimum atomic E-state index is 0.450. The van der Waals surface area contributed by atoms with E-state index in [0.717, 1.165) is 4.47 Å².